The van der Waals surface area contributed by atoms with Crippen molar-refractivity contribution in [2.24, 2.45) is 0 Å². The number of benzene rings is 3. The molecule has 2 heterocycles. The molecular formula is C24H19ClN2O3. The zero-order valence-electron chi connectivity index (χ0n) is 16.0. The first-order valence-corrected chi connectivity index (χ1v) is 10.2. The van der Waals surface area contributed by atoms with E-state index in [1.807, 2.05) is 60.7 Å². The SMILES string of the molecule is O=C(N[C@@H]1CC(=O)N(c2ccc(Cl)cc2)C1)C1c2ccccc2Oc2ccccc21. The van der Waals surface area contributed by atoms with Crippen LogP contribution in [0.25, 0.3) is 0 Å². The first-order chi connectivity index (χ1) is 14.6. The van der Waals surface area contributed by atoms with Crippen LogP contribution in [0.4, 0.5) is 5.69 Å². The summed E-state index contributed by atoms with van der Waals surface area (Å²) < 4.78 is 5.98. The highest BCUT2D eigenvalue weighted by Crippen LogP contribution is 2.44. The van der Waals surface area contributed by atoms with Crippen LogP contribution in [-0.2, 0) is 9.59 Å². The third-order valence-electron chi connectivity index (χ3n) is 5.55. The van der Waals surface area contributed by atoms with Crippen molar-refractivity contribution in [3.05, 3.63) is 88.9 Å². The number of halogens is 1. The Morgan fingerprint density at radius 1 is 0.933 bits per heavy atom. The van der Waals surface area contributed by atoms with Crippen molar-refractivity contribution in [1.82, 2.24) is 5.32 Å². The molecule has 1 saturated heterocycles. The number of amides is 2. The number of carbonyl (C=O) groups excluding carboxylic acids is 2. The lowest BCUT2D eigenvalue weighted by molar-refractivity contribution is -0.122. The summed E-state index contributed by atoms with van der Waals surface area (Å²) in [5.41, 5.74) is 2.43. The van der Waals surface area contributed by atoms with Gasteiger partial charge in [-0.1, -0.05) is 48.0 Å². The van der Waals surface area contributed by atoms with Crippen molar-refractivity contribution in [2.45, 2.75) is 18.4 Å². The number of hydrogen-bond acceptors (Lipinski definition) is 3. The van der Waals surface area contributed by atoms with Gasteiger partial charge >= 0.3 is 0 Å². The summed E-state index contributed by atoms with van der Waals surface area (Å²) in [6.45, 7) is 0.429. The number of carbonyl (C=O) groups is 2. The Morgan fingerprint density at radius 3 is 2.17 bits per heavy atom. The molecule has 0 aliphatic carbocycles. The van der Waals surface area contributed by atoms with E-state index in [9.17, 15) is 9.59 Å². The lowest BCUT2D eigenvalue weighted by atomic mass is 9.87. The van der Waals surface area contributed by atoms with Gasteiger partial charge in [-0.2, -0.15) is 0 Å². The number of anilines is 1. The van der Waals surface area contributed by atoms with Gasteiger partial charge in [0.05, 0.1) is 12.0 Å². The van der Waals surface area contributed by atoms with Gasteiger partial charge in [-0.3, -0.25) is 9.59 Å². The van der Waals surface area contributed by atoms with Crippen molar-refractivity contribution < 1.29 is 14.3 Å². The number of para-hydroxylation sites is 2. The molecule has 5 nitrogen and oxygen atoms in total. The third-order valence-corrected chi connectivity index (χ3v) is 5.80. The molecular weight excluding hydrogens is 400 g/mol. The molecule has 2 aliphatic rings. The Bertz CT molecular complexity index is 1080. The average Bonchev–Trinajstić information content (AvgIpc) is 3.12. The second-order valence-corrected chi connectivity index (χ2v) is 7.94. The van der Waals surface area contributed by atoms with Crippen molar-refractivity contribution in [3.8, 4) is 11.5 Å². The van der Waals surface area contributed by atoms with Gasteiger partial charge in [-0.05, 0) is 36.4 Å². The van der Waals surface area contributed by atoms with E-state index in [1.165, 1.54) is 0 Å². The number of fused-ring (bicyclic) bond motifs is 2. The van der Waals surface area contributed by atoms with Crippen molar-refractivity contribution in [2.75, 3.05) is 11.4 Å². The van der Waals surface area contributed by atoms with E-state index in [0.717, 1.165) is 16.8 Å². The van der Waals surface area contributed by atoms with Crippen molar-refractivity contribution in [1.29, 1.82) is 0 Å². The number of ether oxygens (including phenoxy) is 1. The van der Waals surface area contributed by atoms with E-state index in [0.29, 0.717) is 23.1 Å². The molecule has 5 rings (SSSR count). The fourth-order valence-corrected chi connectivity index (χ4v) is 4.28. The van der Waals surface area contributed by atoms with Gasteiger partial charge in [0.25, 0.3) is 0 Å². The van der Waals surface area contributed by atoms with Gasteiger partial charge in [0, 0.05) is 34.8 Å². The summed E-state index contributed by atoms with van der Waals surface area (Å²) in [4.78, 5) is 27.6. The molecule has 3 aromatic carbocycles. The summed E-state index contributed by atoms with van der Waals surface area (Å²) in [6.07, 6.45) is 0.265. The van der Waals surface area contributed by atoms with Crippen molar-refractivity contribution >= 4 is 29.1 Å². The van der Waals surface area contributed by atoms with Crippen LogP contribution in [0.2, 0.25) is 5.02 Å². The minimum Gasteiger partial charge on any atom is -0.457 e. The first-order valence-electron chi connectivity index (χ1n) is 9.82. The molecule has 6 heteroatoms. The van der Waals surface area contributed by atoms with Crippen LogP contribution in [0, 0.1) is 0 Å². The summed E-state index contributed by atoms with van der Waals surface area (Å²) in [5.74, 6) is 0.735. The molecule has 0 spiro atoms. The van der Waals surface area contributed by atoms with Gasteiger partial charge in [0.2, 0.25) is 11.8 Å². The summed E-state index contributed by atoms with van der Waals surface area (Å²) in [5, 5.41) is 3.71. The van der Waals surface area contributed by atoms with E-state index in [4.69, 9.17) is 16.3 Å². The van der Waals surface area contributed by atoms with Crippen LogP contribution >= 0.6 is 11.6 Å². The van der Waals surface area contributed by atoms with Gasteiger partial charge in [0.15, 0.2) is 0 Å². The predicted molar refractivity (Wildman–Crippen MR) is 115 cm³/mol. The highest BCUT2D eigenvalue weighted by atomic mass is 35.5. The molecule has 1 fully saturated rings. The largest absolute Gasteiger partial charge is 0.457 e. The van der Waals surface area contributed by atoms with Crippen LogP contribution < -0.4 is 15.0 Å². The molecule has 2 aliphatic heterocycles. The average molecular weight is 419 g/mol. The van der Waals surface area contributed by atoms with Crippen LogP contribution in [0.1, 0.15) is 23.5 Å². The zero-order chi connectivity index (χ0) is 20.7. The molecule has 0 aromatic heterocycles. The second-order valence-electron chi connectivity index (χ2n) is 7.50. The Balaban J connectivity index is 1.39. The maximum absolute atomic E-state index is 13.4. The number of nitrogens with zero attached hydrogens (tertiary/aromatic N) is 1. The standard InChI is InChI=1S/C24H19ClN2O3/c25-15-9-11-17(12-10-15)27-14-16(13-22(27)28)26-24(29)23-18-5-1-3-7-20(18)30-21-8-4-2-6-19(21)23/h1-12,16,23H,13-14H2,(H,26,29)/t16-/m1/s1. The van der Waals surface area contributed by atoms with E-state index >= 15 is 0 Å². The first kappa shape index (κ1) is 18.7. The molecule has 3 aromatic rings. The molecule has 0 radical (unpaired) electrons. The smallest absolute Gasteiger partial charge is 0.232 e. The van der Waals surface area contributed by atoms with E-state index in [2.05, 4.69) is 5.32 Å². The number of rotatable bonds is 3. The van der Waals surface area contributed by atoms with Gasteiger partial charge in [-0.25, -0.2) is 0 Å². The second kappa shape index (κ2) is 7.50. The molecule has 1 atom stereocenters. The predicted octanol–water partition coefficient (Wildman–Crippen LogP) is 4.50. The van der Waals surface area contributed by atoms with Gasteiger partial charge in [0.1, 0.15) is 11.5 Å². The minimum absolute atomic E-state index is 0.0181. The molecule has 0 bridgehead atoms. The Labute approximate surface area is 179 Å². The van der Waals surface area contributed by atoms with Gasteiger partial charge < -0.3 is 15.0 Å². The Morgan fingerprint density at radius 2 is 1.53 bits per heavy atom. The summed E-state index contributed by atoms with van der Waals surface area (Å²) >= 11 is 5.95. The summed E-state index contributed by atoms with van der Waals surface area (Å²) in [7, 11) is 0. The van der Waals surface area contributed by atoms with E-state index in [1.54, 1.807) is 17.0 Å². The molecule has 150 valence electrons. The monoisotopic (exact) mass is 418 g/mol. The molecule has 2 amide bonds. The maximum atomic E-state index is 13.4. The van der Waals surface area contributed by atoms with Crippen LogP contribution in [-0.4, -0.2) is 24.4 Å². The van der Waals surface area contributed by atoms with Crippen molar-refractivity contribution in [3.63, 3.8) is 0 Å². The fourth-order valence-electron chi connectivity index (χ4n) is 4.15. The third kappa shape index (κ3) is 3.31. The van der Waals surface area contributed by atoms with E-state index in [-0.39, 0.29) is 24.3 Å². The fraction of sp³-hybridized carbons (Fsp3) is 0.167. The topological polar surface area (TPSA) is 58.6 Å². The highest BCUT2D eigenvalue weighted by molar-refractivity contribution is 6.30. The van der Waals surface area contributed by atoms with E-state index < -0.39 is 5.92 Å². The molecule has 1 N–H and O–H groups in total. The normalized spacial score (nSPS) is 17.8. The maximum Gasteiger partial charge on any atom is 0.232 e. The molecule has 30 heavy (non-hydrogen) atoms. The summed E-state index contributed by atoms with van der Waals surface area (Å²) in [6, 6.07) is 22.0. The highest BCUT2D eigenvalue weighted by Gasteiger charge is 2.36. The van der Waals surface area contributed by atoms with Crippen LogP contribution in [0.5, 0.6) is 11.5 Å². The van der Waals surface area contributed by atoms with Gasteiger partial charge in [-0.15, -0.1) is 0 Å². The van der Waals surface area contributed by atoms with Crippen LogP contribution in [0.3, 0.4) is 0 Å². The lowest BCUT2D eigenvalue weighted by Crippen LogP contribution is -2.40. The number of hydrogen-bond donors (Lipinski definition) is 1. The Hall–Kier alpha value is -3.31. The lowest BCUT2D eigenvalue weighted by Gasteiger charge is -2.28. The number of nitrogens with one attached hydrogen (secondary N) is 1. The minimum atomic E-state index is -0.481. The quantitative estimate of drug-likeness (QED) is 0.681. The zero-order valence-corrected chi connectivity index (χ0v) is 16.8. The molecule has 0 saturated carbocycles. The molecule has 0 unspecified atom stereocenters. The Kier molecular flexibility index (Phi) is 4.68. The van der Waals surface area contributed by atoms with Crippen LogP contribution in [0.15, 0.2) is 72.8 Å².